The minimum absolute atomic E-state index is 0.123. The Balaban J connectivity index is 1.46. The fourth-order valence-corrected chi connectivity index (χ4v) is 5.34. The molecule has 0 saturated carbocycles. The highest BCUT2D eigenvalue weighted by Gasteiger charge is 2.37. The minimum Gasteiger partial charge on any atom is -0.492 e. The van der Waals surface area contributed by atoms with Crippen LogP contribution in [0.1, 0.15) is 18.1 Å². The van der Waals surface area contributed by atoms with Gasteiger partial charge in [-0.15, -0.1) is 0 Å². The average Bonchev–Trinajstić information content (AvgIpc) is 2.86. The summed E-state index contributed by atoms with van der Waals surface area (Å²) in [4.78, 5) is 13.0. The lowest BCUT2D eigenvalue weighted by atomic mass is 10.2. The van der Waals surface area contributed by atoms with E-state index in [1.807, 2.05) is 31.2 Å². The molecule has 1 aliphatic rings. The van der Waals surface area contributed by atoms with Crippen LogP contribution >= 0.6 is 11.6 Å². The largest absolute Gasteiger partial charge is 0.492 e. The van der Waals surface area contributed by atoms with Gasteiger partial charge in [0.2, 0.25) is 0 Å². The van der Waals surface area contributed by atoms with Gasteiger partial charge in [0.25, 0.3) is 15.9 Å². The lowest BCUT2D eigenvalue weighted by Crippen LogP contribution is -2.51. The Hall–Kier alpha value is -3.23. The van der Waals surface area contributed by atoms with E-state index in [2.05, 4.69) is 12.2 Å². The SMILES string of the molecule is CCc1ccc(OCCNC(=O)C2CN(S(=O)(=O)c3ccc(C)cc3)c3cc(Cl)ccc3O2)cc1. The van der Waals surface area contributed by atoms with Crippen molar-refractivity contribution in [3.63, 3.8) is 0 Å². The van der Waals surface area contributed by atoms with Crippen LogP contribution in [0.4, 0.5) is 5.69 Å². The van der Waals surface area contributed by atoms with Gasteiger partial charge in [0.1, 0.15) is 18.1 Å². The van der Waals surface area contributed by atoms with E-state index >= 15 is 0 Å². The summed E-state index contributed by atoms with van der Waals surface area (Å²) >= 11 is 6.14. The summed E-state index contributed by atoms with van der Waals surface area (Å²) in [7, 11) is -3.95. The zero-order valence-corrected chi connectivity index (χ0v) is 21.1. The molecule has 1 atom stereocenters. The molecule has 3 aromatic rings. The maximum atomic E-state index is 13.5. The summed E-state index contributed by atoms with van der Waals surface area (Å²) in [5, 5.41) is 3.13. The van der Waals surface area contributed by atoms with Gasteiger partial charge in [0, 0.05) is 5.02 Å². The number of nitrogens with zero attached hydrogens (tertiary/aromatic N) is 1. The van der Waals surface area contributed by atoms with E-state index in [1.54, 1.807) is 36.4 Å². The smallest absolute Gasteiger partial charge is 0.264 e. The third-order valence-corrected chi connectivity index (χ3v) is 7.72. The van der Waals surface area contributed by atoms with Gasteiger partial charge in [0.05, 0.1) is 23.7 Å². The van der Waals surface area contributed by atoms with Crippen molar-refractivity contribution in [2.45, 2.75) is 31.3 Å². The number of anilines is 1. The van der Waals surface area contributed by atoms with Crippen molar-refractivity contribution in [1.82, 2.24) is 5.32 Å². The Morgan fingerprint density at radius 3 is 2.51 bits per heavy atom. The standard InChI is InChI=1S/C26H27ClN2O5S/c1-3-19-6-9-21(10-7-19)33-15-14-28-26(30)25-17-29(23-16-20(27)8-13-24(23)34-25)35(31,32)22-11-4-18(2)5-12-22/h4-13,16,25H,3,14-15,17H2,1-2H3,(H,28,30). The second-order valence-corrected chi connectivity index (χ2v) is 10.5. The van der Waals surface area contributed by atoms with Gasteiger partial charge in [-0.3, -0.25) is 9.10 Å². The zero-order valence-electron chi connectivity index (χ0n) is 19.5. The summed E-state index contributed by atoms with van der Waals surface area (Å²) in [5.74, 6) is 0.551. The first-order valence-corrected chi connectivity index (χ1v) is 13.1. The van der Waals surface area contributed by atoms with Gasteiger partial charge in [0.15, 0.2) is 6.10 Å². The normalized spacial score (nSPS) is 15.2. The van der Waals surface area contributed by atoms with Crippen LogP contribution in [0.2, 0.25) is 5.02 Å². The molecule has 9 heteroatoms. The third kappa shape index (κ3) is 5.71. The van der Waals surface area contributed by atoms with Crippen molar-refractivity contribution in [1.29, 1.82) is 0 Å². The van der Waals surface area contributed by atoms with Gasteiger partial charge in [-0.1, -0.05) is 48.4 Å². The van der Waals surface area contributed by atoms with Crippen LogP contribution in [0.5, 0.6) is 11.5 Å². The van der Waals surface area contributed by atoms with Crippen molar-refractivity contribution >= 4 is 33.2 Å². The van der Waals surface area contributed by atoms with Crippen molar-refractivity contribution in [2.75, 3.05) is 24.0 Å². The number of hydrogen-bond acceptors (Lipinski definition) is 5. The predicted octanol–water partition coefficient (Wildman–Crippen LogP) is 4.36. The number of benzene rings is 3. The van der Waals surface area contributed by atoms with Crippen LogP contribution in [-0.4, -0.2) is 40.1 Å². The molecular weight excluding hydrogens is 488 g/mol. The molecule has 0 bridgehead atoms. The summed E-state index contributed by atoms with van der Waals surface area (Å²) in [6, 6.07) is 19.0. The highest BCUT2D eigenvalue weighted by Crippen LogP contribution is 2.38. The fraction of sp³-hybridized carbons (Fsp3) is 0.269. The molecule has 1 unspecified atom stereocenters. The minimum atomic E-state index is -3.95. The molecule has 0 saturated heterocycles. The van der Waals surface area contributed by atoms with Crippen LogP contribution in [0.15, 0.2) is 71.6 Å². The van der Waals surface area contributed by atoms with Crippen molar-refractivity contribution < 1.29 is 22.7 Å². The summed E-state index contributed by atoms with van der Waals surface area (Å²) in [5.41, 5.74) is 2.45. The van der Waals surface area contributed by atoms with Crippen molar-refractivity contribution in [2.24, 2.45) is 0 Å². The molecule has 7 nitrogen and oxygen atoms in total. The number of hydrogen-bond donors (Lipinski definition) is 1. The van der Waals surface area contributed by atoms with Gasteiger partial charge < -0.3 is 14.8 Å². The van der Waals surface area contributed by atoms with E-state index in [9.17, 15) is 13.2 Å². The fourth-order valence-electron chi connectivity index (χ4n) is 3.70. The molecule has 1 amide bonds. The summed E-state index contributed by atoms with van der Waals surface area (Å²) in [6.45, 7) is 4.28. The molecular formula is C26H27ClN2O5S. The molecule has 0 spiro atoms. The highest BCUT2D eigenvalue weighted by atomic mass is 35.5. The molecule has 0 aromatic heterocycles. The number of halogens is 1. The van der Waals surface area contributed by atoms with Gasteiger partial charge in [-0.25, -0.2) is 8.42 Å². The number of carbonyl (C=O) groups is 1. The van der Waals surface area contributed by atoms with E-state index < -0.39 is 22.0 Å². The maximum Gasteiger partial charge on any atom is 0.264 e. The van der Waals surface area contributed by atoms with Crippen molar-refractivity contribution in [3.05, 3.63) is 82.9 Å². The van der Waals surface area contributed by atoms with E-state index in [0.717, 1.165) is 12.0 Å². The molecule has 1 N–H and O–H groups in total. The van der Waals surface area contributed by atoms with E-state index in [0.29, 0.717) is 16.5 Å². The third-order valence-electron chi connectivity index (χ3n) is 5.69. The number of sulfonamides is 1. The first-order valence-electron chi connectivity index (χ1n) is 11.3. The monoisotopic (exact) mass is 514 g/mol. The van der Waals surface area contributed by atoms with Gasteiger partial charge in [-0.2, -0.15) is 0 Å². The molecule has 0 fully saturated rings. The average molecular weight is 515 g/mol. The number of carbonyl (C=O) groups excluding carboxylic acids is 1. The predicted molar refractivity (Wildman–Crippen MR) is 136 cm³/mol. The number of ether oxygens (including phenoxy) is 2. The van der Waals surface area contributed by atoms with Crippen LogP contribution in [0, 0.1) is 6.92 Å². The van der Waals surface area contributed by atoms with Gasteiger partial charge >= 0.3 is 0 Å². The molecule has 184 valence electrons. The molecule has 3 aromatic carbocycles. The quantitative estimate of drug-likeness (QED) is 0.451. The Kier molecular flexibility index (Phi) is 7.52. The topological polar surface area (TPSA) is 84.9 Å². The van der Waals surface area contributed by atoms with Crippen LogP contribution in [-0.2, 0) is 21.2 Å². The molecule has 0 aliphatic carbocycles. The maximum absolute atomic E-state index is 13.5. The Morgan fingerprint density at radius 1 is 1.11 bits per heavy atom. The number of rotatable bonds is 8. The Morgan fingerprint density at radius 2 is 1.83 bits per heavy atom. The second-order valence-electron chi connectivity index (χ2n) is 8.20. The van der Waals surface area contributed by atoms with Crippen molar-refractivity contribution in [3.8, 4) is 11.5 Å². The first-order chi connectivity index (χ1) is 16.8. The number of nitrogens with one attached hydrogen (secondary N) is 1. The number of fused-ring (bicyclic) bond motifs is 1. The number of aryl methyl sites for hydroxylation is 2. The number of amides is 1. The van der Waals surface area contributed by atoms with Crippen LogP contribution < -0.4 is 19.1 Å². The Bertz CT molecular complexity index is 1290. The highest BCUT2D eigenvalue weighted by molar-refractivity contribution is 7.92. The van der Waals surface area contributed by atoms with E-state index in [4.69, 9.17) is 21.1 Å². The molecule has 1 aliphatic heterocycles. The van der Waals surface area contributed by atoms with Crippen LogP contribution in [0.3, 0.4) is 0 Å². The summed E-state index contributed by atoms with van der Waals surface area (Å²) in [6.07, 6.45) is -0.0864. The zero-order chi connectivity index (χ0) is 25.0. The lowest BCUT2D eigenvalue weighted by molar-refractivity contribution is -0.127. The lowest BCUT2D eigenvalue weighted by Gasteiger charge is -2.34. The van der Waals surface area contributed by atoms with Gasteiger partial charge in [-0.05, 0) is 61.4 Å². The van der Waals surface area contributed by atoms with Crippen LogP contribution in [0.25, 0.3) is 0 Å². The molecule has 1 heterocycles. The van der Waals surface area contributed by atoms with E-state index in [-0.39, 0.29) is 30.3 Å². The molecule has 0 radical (unpaired) electrons. The first kappa shape index (κ1) is 24.9. The molecule has 35 heavy (non-hydrogen) atoms. The Labute approximate surface area is 210 Å². The molecule has 4 rings (SSSR count). The second kappa shape index (κ2) is 10.6. The summed E-state index contributed by atoms with van der Waals surface area (Å²) < 4.78 is 39.7. The van der Waals surface area contributed by atoms with E-state index in [1.165, 1.54) is 15.9 Å².